The average molecular weight is 387 g/mol. The number of carbonyl (C=O) groups is 1. The Morgan fingerprint density at radius 2 is 2.07 bits per heavy atom. The van der Waals surface area contributed by atoms with Crippen LogP contribution in [0.5, 0.6) is 0 Å². The molecule has 3 aromatic rings. The normalized spacial score (nSPS) is 12.2. The Morgan fingerprint density at radius 1 is 1.21 bits per heavy atom. The van der Waals surface area contributed by atoms with Gasteiger partial charge in [-0.15, -0.1) is 5.10 Å². The number of carbonyl (C=O) groups excluding carboxylic acids is 1. The molecular formula is C17H25N9O2. The third-order valence-corrected chi connectivity index (χ3v) is 4.10. The van der Waals surface area contributed by atoms with E-state index in [1.165, 1.54) is 0 Å². The summed E-state index contributed by atoms with van der Waals surface area (Å²) in [6.45, 7) is 6.05. The fraction of sp³-hybridized carbons (Fsp3) is 0.529. The van der Waals surface area contributed by atoms with E-state index in [4.69, 9.17) is 4.74 Å². The molecule has 1 atom stereocenters. The van der Waals surface area contributed by atoms with Gasteiger partial charge in [0.15, 0.2) is 11.5 Å². The molecular weight excluding hydrogens is 362 g/mol. The van der Waals surface area contributed by atoms with Gasteiger partial charge in [-0.3, -0.25) is 9.36 Å². The van der Waals surface area contributed by atoms with Crippen molar-refractivity contribution >= 4 is 5.97 Å². The van der Waals surface area contributed by atoms with Gasteiger partial charge < -0.3 is 10.1 Å². The first-order chi connectivity index (χ1) is 13.6. The molecule has 3 aromatic heterocycles. The van der Waals surface area contributed by atoms with Gasteiger partial charge in [0.1, 0.15) is 6.04 Å². The topological polar surface area (TPSA) is 118 Å². The Kier molecular flexibility index (Phi) is 6.48. The summed E-state index contributed by atoms with van der Waals surface area (Å²) in [4.78, 5) is 11.7. The number of tetrazole rings is 1. The molecule has 0 aromatic carbocycles. The number of aromatic nitrogens is 8. The zero-order valence-corrected chi connectivity index (χ0v) is 16.3. The number of aryl methyl sites for hydroxylation is 2. The first kappa shape index (κ1) is 19.7. The van der Waals surface area contributed by atoms with Gasteiger partial charge in [0.25, 0.3) is 0 Å². The molecule has 3 heterocycles. The number of hydrogen-bond donors (Lipinski definition) is 1. The SMILES string of the molecule is CCCn1nnnc1C(NCCn1ccc(C(=O)OCC)n1)c1ccn(C)n1. The molecule has 0 bridgehead atoms. The lowest BCUT2D eigenvalue weighted by Gasteiger charge is -2.16. The van der Waals surface area contributed by atoms with Crippen LogP contribution < -0.4 is 5.32 Å². The molecule has 0 saturated heterocycles. The molecule has 0 aliphatic rings. The third-order valence-electron chi connectivity index (χ3n) is 4.10. The Bertz CT molecular complexity index is 898. The van der Waals surface area contributed by atoms with Crippen LogP contribution in [0.2, 0.25) is 0 Å². The highest BCUT2D eigenvalue weighted by molar-refractivity contribution is 5.86. The largest absolute Gasteiger partial charge is 0.461 e. The number of rotatable bonds is 10. The lowest BCUT2D eigenvalue weighted by molar-refractivity contribution is 0.0518. The van der Waals surface area contributed by atoms with Gasteiger partial charge in [-0.25, -0.2) is 9.48 Å². The summed E-state index contributed by atoms with van der Waals surface area (Å²) < 4.78 is 10.2. The summed E-state index contributed by atoms with van der Waals surface area (Å²) >= 11 is 0. The second kappa shape index (κ2) is 9.22. The van der Waals surface area contributed by atoms with Crippen LogP contribution in [-0.4, -0.2) is 58.9 Å². The van der Waals surface area contributed by atoms with Crippen LogP contribution in [0.3, 0.4) is 0 Å². The van der Waals surface area contributed by atoms with Crippen LogP contribution in [0.4, 0.5) is 0 Å². The highest BCUT2D eigenvalue weighted by Crippen LogP contribution is 2.18. The van der Waals surface area contributed by atoms with Gasteiger partial charge in [-0.1, -0.05) is 6.92 Å². The maximum atomic E-state index is 11.7. The van der Waals surface area contributed by atoms with Crippen molar-refractivity contribution in [3.05, 3.63) is 41.7 Å². The van der Waals surface area contributed by atoms with Crippen molar-refractivity contribution in [2.45, 2.75) is 39.4 Å². The van der Waals surface area contributed by atoms with Crippen molar-refractivity contribution in [2.75, 3.05) is 13.2 Å². The second-order valence-electron chi connectivity index (χ2n) is 6.25. The minimum absolute atomic E-state index is 0.247. The molecule has 0 spiro atoms. The smallest absolute Gasteiger partial charge is 0.358 e. The Hall–Kier alpha value is -3.08. The van der Waals surface area contributed by atoms with E-state index in [0.29, 0.717) is 31.2 Å². The first-order valence-electron chi connectivity index (χ1n) is 9.32. The maximum absolute atomic E-state index is 11.7. The lowest BCUT2D eigenvalue weighted by atomic mass is 10.2. The van der Waals surface area contributed by atoms with Crippen LogP contribution in [0.1, 0.15) is 48.3 Å². The van der Waals surface area contributed by atoms with Crippen molar-refractivity contribution < 1.29 is 9.53 Å². The predicted molar refractivity (Wildman–Crippen MR) is 99.3 cm³/mol. The molecule has 11 heteroatoms. The van der Waals surface area contributed by atoms with Gasteiger partial charge in [-0.05, 0) is 35.9 Å². The summed E-state index contributed by atoms with van der Waals surface area (Å²) in [7, 11) is 1.87. The van der Waals surface area contributed by atoms with Gasteiger partial charge in [0.05, 0.1) is 18.8 Å². The molecule has 0 amide bonds. The van der Waals surface area contributed by atoms with Crippen molar-refractivity contribution in [3.8, 4) is 0 Å². The summed E-state index contributed by atoms with van der Waals surface area (Å²) in [6, 6.07) is 3.34. The van der Waals surface area contributed by atoms with Crippen LogP contribution in [0, 0.1) is 0 Å². The number of ether oxygens (including phenoxy) is 1. The summed E-state index contributed by atoms with van der Waals surface area (Å²) in [5, 5.41) is 24.3. The van der Waals surface area contributed by atoms with Gasteiger partial charge in [0, 0.05) is 32.5 Å². The molecule has 0 fully saturated rings. The minimum Gasteiger partial charge on any atom is -0.461 e. The summed E-state index contributed by atoms with van der Waals surface area (Å²) in [5.74, 6) is 0.299. The lowest BCUT2D eigenvalue weighted by Crippen LogP contribution is -2.29. The van der Waals surface area contributed by atoms with E-state index in [0.717, 1.165) is 18.7 Å². The molecule has 28 heavy (non-hydrogen) atoms. The number of esters is 1. The van der Waals surface area contributed by atoms with Gasteiger partial charge in [-0.2, -0.15) is 10.2 Å². The minimum atomic E-state index is -0.417. The van der Waals surface area contributed by atoms with E-state index < -0.39 is 5.97 Å². The highest BCUT2D eigenvalue weighted by Gasteiger charge is 2.23. The Morgan fingerprint density at radius 3 is 2.79 bits per heavy atom. The zero-order chi connectivity index (χ0) is 19.9. The van der Waals surface area contributed by atoms with Gasteiger partial charge >= 0.3 is 5.97 Å². The molecule has 0 aliphatic heterocycles. The van der Waals surface area contributed by atoms with Crippen molar-refractivity contribution in [1.29, 1.82) is 0 Å². The number of nitrogens with one attached hydrogen (secondary N) is 1. The molecule has 11 nitrogen and oxygen atoms in total. The molecule has 1 N–H and O–H groups in total. The van der Waals surface area contributed by atoms with E-state index >= 15 is 0 Å². The summed E-state index contributed by atoms with van der Waals surface area (Å²) in [5.41, 5.74) is 1.14. The van der Waals surface area contributed by atoms with Crippen molar-refractivity contribution in [3.63, 3.8) is 0 Å². The molecule has 0 saturated carbocycles. The van der Waals surface area contributed by atoms with Crippen LogP contribution >= 0.6 is 0 Å². The molecule has 3 rings (SSSR count). The van der Waals surface area contributed by atoms with E-state index in [1.54, 1.807) is 33.2 Å². The first-order valence-corrected chi connectivity index (χ1v) is 9.32. The van der Waals surface area contributed by atoms with Gasteiger partial charge in [0.2, 0.25) is 0 Å². The van der Waals surface area contributed by atoms with Crippen LogP contribution in [0.15, 0.2) is 24.5 Å². The standard InChI is InChI=1S/C17H25N9O2/c1-4-9-26-16(19-22-23-26)15(13-6-10-24(3)20-13)18-8-12-25-11-7-14(21-25)17(27)28-5-2/h6-7,10-11,15,18H,4-5,8-9,12H2,1-3H3. The quantitative estimate of drug-likeness (QED) is 0.502. The fourth-order valence-electron chi connectivity index (χ4n) is 2.83. The van der Waals surface area contributed by atoms with E-state index in [9.17, 15) is 4.79 Å². The van der Waals surface area contributed by atoms with Crippen molar-refractivity contribution in [2.24, 2.45) is 7.05 Å². The third kappa shape index (κ3) is 4.60. The Balaban J connectivity index is 1.69. The van der Waals surface area contributed by atoms with Crippen molar-refractivity contribution in [1.82, 2.24) is 45.1 Å². The van der Waals surface area contributed by atoms with E-state index in [1.807, 2.05) is 19.3 Å². The highest BCUT2D eigenvalue weighted by atomic mass is 16.5. The van der Waals surface area contributed by atoms with E-state index in [2.05, 4.69) is 38.0 Å². The monoisotopic (exact) mass is 387 g/mol. The van der Waals surface area contributed by atoms with E-state index in [-0.39, 0.29) is 6.04 Å². The molecule has 150 valence electrons. The van der Waals surface area contributed by atoms with Crippen LogP contribution in [0.25, 0.3) is 0 Å². The summed E-state index contributed by atoms with van der Waals surface area (Å²) in [6.07, 6.45) is 4.57. The fourth-order valence-corrected chi connectivity index (χ4v) is 2.83. The molecule has 0 aliphatic carbocycles. The molecule has 0 radical (unpaired) electrons. The number of hydrogen-bond acceptors (Lipinski definition) is 8. The molecule has 1 unspecified atom stereocenters. The number of nitrogens with zero attached hydrogens (tertiary/aromatic N) is 8. The Labute approximate surface area is 162 Å². The average Bonchev–Trinajstić information content (AvgIpc) is 3.41. The van der Waals surface area contributed by atoms with Crippen LogP contribution in [-0.2, 0) is 24.9 Å². The zero-order valence-electron chi connectivity index (χ0n) is 16.3. The second-order valence-corrected chi connectivity index (χ2v) is 6.25. The predicted octanol–water partition coefficient (Wildman–Crippen LogP) is 0.569. The maximum Gasteiger partial charge on any atom is 0.358 e.